The molecule has 0 radical (unpaired) electrons. The van der Waals surface area contributed by atoms with E-state index in [9.17, 15) is 28.9 Å². The van der Waals surface area contributed by atoms with Crippen LogP contribution in [0, 0.1) is 11.8 Å². The monoisotopic (exact) mass is 546 g/mol. The number of H-pyrrole nitrogens is 1. The molecule has 4 N–H and O–H groups in total. The number of amides is 1. The fourth-order valence-electron chi connectivity index (χ4n) is 2.93. The van der Waals surface area contributed by atoms with E-state index in [-0.39, 0.29) is 38.3 Å². The number of aromatic nitrogens is 2. The second-order valence-corrected chi connectivity index (χ2v) is 8.96. The number of phosphoric ester groups is 1. The average molecular weight is 546 g/mol. The van der Waals surface area contributed by atoms with Gasteiger partial charge in [0.05, 0.1) is 32.5 Å². The maximum absolute atomic E-state index is 12.3. The number of rotatable bonds is 13. The summed E-state index contributed by atoms with van der Waals surface area (Å²) in [6, 6.07) is 0. The van der Waals surface area contributed by atoms with Gasteiger partial charge in [-0.1, -0.05) is 17.0 Å². The highest BCUT2D eigenvalue weighted by molar-refractivity contribution is 7.47. The van der Waals surface area contributed by atoms with Gasteiger partial charge in [-0.2, -0.15) is 0 Å². The fourth-order valence-corrected chi connectivity index (χ4v) is 3.37. The van der Waals surface area contributed by atoms with Gasteiger partial charge in [0.1, 0.15) is 30.7 Å². The molecule has 1 amide bonds. The van der Waals surface area contributed by atoms with Gasteiger partial charge in [-0.05, 0) is 12.5 Å². The van der Waals surface area contributed by atoms with E-state index in [2.05, 4.69) is 36.7 Å². The number of carbonyl (C=O) groups excluding carboxylic acids is 1. The molecule has 18 heteroatoms. The lowest BCUT2D eigenvalue weighted by Gasteiger charge is -2.17. The second kappa shape index (κ2) is 14.6. The number of ether oxygens (including phenoxy) is 3. The Kier molecular flexibility index (Phi) is 12.0. The normalized spacial score (nSPS) is 21.2. The van der Waals surface area contributed by atoms with Gasteiger partial charge < -0.3 is 29.5 Å². The van der Waals surface area contributed by atoms with Gasteiger partial charge in [-0.15, -0.1) is 0 Å². The van der Waals surface area contributed by atoms with Gasteiger partial charge in [0.15, 0.2) is 0 Å². The van der Waals surface area contributed by atoms with Gasteiger partial charge in [0, 0.05) is 24.6 Å². The zero-order valence-corrected chi connectivity index (χ0v) is 20.8. The minimum Gasteiger partial charge on any atom is -0.390 e. The number of carbonyl (C=O) groups is 1. The lowest BCUT2D eigenvalue weighted by molar-refractivity contribution is -0.126. The van der Waals surface area contributed by atoms with Crippen molar-refractivity contribution >= 4 is 13.7 Å². The summed E-state index contributed by atoms with van der Waals surface area (Å²) in [5, 5.41) is 15.9. The van der Waals surface area contributed by atoms with Crippen LogP contribution < -0.4 is 16.6 Å². The molecule has 1 saturated heterocycles. The average Bonchev–Trinajstić information content (AvgIpc) is 3.21. The summed E-state index contributed by atoms with van der Waals surface area (Å²) in [4.78, 5) is 50.1. The first kappa shape index (κ1) is 30.2. The van der Waals surface area contributed by atoms with Crippen LogP contribution in [0.1, 0.15) is 25.1 Å². The molecule has 1 aliphatic heterocycles. The third-order valence-corrected chi connectivity index (χ3v) is 5.68. The maximum atomic E-state index is 12.3. The number of aliphatic hydroxyl groups excluding tert-OH is 1. The number of hydrogen-bond acceptors (Lipinski definition) is 11. The minimum atomic E-state index is -4.29. The predicted molar refractivity (Wildman–Crippen MR) is 124 cm³/mol. The van der Waals surface area contributed by atoms with Crippen LogP contribution in [-0.2, 0) is 32.6 Å². The molecule has 0 saturated carbocycles. The Morgan fingerprint density at radius 3 is 2.95 bits per heavy atom. The molecule has 5 atom stereocenters. The van der Waals surface area contributed by atoms with E-state index in [0.717, 1.165) is 17.9 Å². The molecule has 1 fully saturated rings. The summed E-state index contributed by atoms with van der Waals surface area (Å²) in [7, 11) is -3.31. The zero-order valence-electron chi connectivity index (χ0n) is 19.9. The summed E-state index contributed by atoms with van der Waals surface area (Å²) in [5.74, 6) is 4.64. The second-order valence-electron chi connectivity index (χ2n) is 7.39. The third-order valence-electron chi connectivity index (χ3n) is 4.75. The minimum absolute atomic E-state index is 0.0683. The van der Waals surface area contributed by atoms with Crippen LogP contribution >= 0.6 is 7.82 Å². The Morgan fingerprint density at radius 1 is 1.49 bits per heavy atom. The van der Waals surface area contributed by atoms with Crippen LogP contribution in [0.3, 0.4) is 0 Å². The molecule has 0 aliphatic carbocycles. The van der Waals surface area contributed by atoms with Crippen molar-refractivity contribution < 1.29 is 42.6 Å². The van der Waals surface area contributed by atoms with Gasteiger partial charge in [0.2, 0.25) is 5.91 Å². The molecule has 37 heavy (non-hydrogen) atoms. The van der Waals surface area contributed by atoms with Gasteiger partial charge >= 0.3 is 13.5 Å². The summed E-state index contributed by atoms with van der Waals surface area (Å²) in [6.45, 7) is 0.905. The topological polar surface area (TPSA) is 236 Å². The van der Waals surface area contributed by atoms with E-state index in [1.165, 1.54) is 0 Å². The van der Waals surface area contributed by atoms with Crippen molar-refractivity contribution in [2.75, 3.05) is 40.1 Å². The van der Waals surface area contributed by atoms with Crippen molar-refractivity contribution in [2.24, 2.45) is 5.11 Å². The fraction of sp³-hybridized carbons (Fsp3) is 0.632. The van der Waals surface area contributed by atoms with Crippen LogP contribution in [-0.4, -0.2) is 84.0 Å². The Morgan fingerprint density at radius 2 is 2.24 bits per heavy atom. The zero-order chi connectivity index (χ0) is 27.4. The third kappa shape index (κ3) is 10.1. The Labute approximate surface area is 209 Å². The number of phosphoric acid groups is 1. The predicted octanol–water partition coefficient (Wildman–Crippen LogP) is -0.894. The Balaban J connectivity index is 1.88. The van der Waals surface area contributed by atoms with Crippen LogP contribution in [0.15, 0.2) is 20.9 Å². The number of aliphatic hydroxyl groups is 1. The molecule has 2 rings (SSSR count). The van der Waals surface area contributed by atoms with E-state index in [0.29, 0.717) is 0 Å². The Bertz CT molecular complexity index is 1200. The highest BCUT2D eigenvalue weighted by atomic mass is 31.2. The van der Waals surface area contributed by atoms with E-state index >= 15 is 0 Å². The highest BCUT2D eigenvalue weighted by Crippen LogP contribution is 2.43. The molecule has 2 heterocycles. The molecule has 0 aromatic carbocycles. The summed E-state index contributed by atoms with van der Waals surface area (Å²) >= 11 is 0. The summed E-state index contributed by atoms with van der Waals surface area (Å²) in [6.07, 6.45) is -2.76. The van der Waals surface area contributed by atoms with Crippen LogP contribution in [0.25, 0.3) is 10.4 Å². The van der Waals surface area contributed by atoms with Gasteiger partial charge in [-0.25, -0.2) is 9.36 Å². The van der Waals surface area contributed by atoms with E-state index in [1.54, 1.807) is 6.92 Å². The number of aromatic amines is 1. The van der Waals surface area contributed by atoms with Crippen LogP contribution in [0.5, 0.6) is 0 Å². The molecular weight excluding hydrogens is 519 g/mol. The van der Waals surface area contributed by atoms with Gasteiger partial charge in [0.25, 0.3) is 5.56 Å². The molecule has 5 unspecified atom stereocenters. The molecule has 0 spiro atoms. The molecule has 17 nitrogen and oxygen atoms in total. The molecule has 1 aliphatic rings. The van der Waals surface area contributed by atoms with E-state index in [4.69, 9.17) is 24.3 Å². The smallest absolute Gasteiger partial charge is 0.390 e. The van der Waals surface area contributed by atoms with Crippen molar-refractivity contribution in [3.63, 3.8) is 0 Å². The van der Waals surface area contributed by atoms with Crippen LogP contribution in [0.2, 0.25) is 0 Å². The molecule has 0 bridgehead atoms. The first-order chi connectivity index (χ1) is 17.6. The standard InChI is InChI=1S/C19H27N6O11P/c1-12(23-24-20)34-7-6-33-11-16(27)21-5-3-4-13-9-25(19(29)22-18(13)28)17-8-14(26)15(36-17)10-35-37(30,31)32-2/h9,12,14-15,17,26H,5-8,10-11H2,1-2H3,(H,21,27)(H,30,31)(H,22,28,29). The molecule has 1 aromatic heterocycles. The first-order valence-electron chi connectivity index (χ1n) is 10.8. The lowest BCUT2D eigenvalue weighted by Crippen LogP contribution is -2.34. The lowest BCUT2D eigenvalue weighted by atomic mass is 10.2. The quantitative estimate of drug-likeness (QED) is 0.0591. The van der Waals surface area contributed by atoms with Crippen molar-refractivity contribution in [1.29, 1.82) is 0 Å². The maximum Gasteiger partial charge on any atom is 0.472 e. The van der Waals surface area contributed by atoms with E-state index < -0.39 is 56.2 Å². The van der Waals surface area contributed by atoms with Crippen molar-refractivity contribution in [1.82, 2.24) is 14.9 Å². The number of nitrogens with one attached hydrogen (secondary N) is 2. The first-order valence-corrected chi connectivity index (χ1v) is 12.3. The number of azide groups is 1. The highest BCUT2D eigenvalue weighted by Gasteiger charge is 2.37. The summed E-state index contributed by atoms with van der Waals surface area (Å²) < 4.78 is 37.2. The molecule has 204 valence electrons. The van der Waals surface area contributed by atoms with Crippen molar-refractivity contribution in [3.8, 4) is 11.8 Å². The molecular formula is C19H27N6O11P. The summed E-state index contributed by atoms with van der Waals surface area (Å²) in [5.41, 5.74) is 6.57. The van der Waals surface area contributed by atoms with Crippen molar-refractivity contribution in [3.05, 3.63) is 43.0 Å². The van der Waals surface area contributed by atoms with Crippen LogP contribution in [0.4, 0.5) is 0 Å². The Hall–Kier alpha value is -3.03. The number of nitrogens with zero attached hydrogens (tertiary/aromatic N) is 4. The SMILES string of the molecule is COP(=O)(O)OCC1OC(n2cc(C#CCNC(=O)COCCOC(C)N=[N+]=[N-])c(=O)[nH]c2=O)CC1O. The van der Waals surface area contributed by atoms with E-state index in [1.807, 2.05) is 0 Å². The number of hydrogen-bond donors (Lipinski definition) is 4. The van der Waals surface area contributed by atoms with Gasteiger partial charge in [-0.3, -0.25) is 28.2 Å². The molecule has 1 aromatic rings. The van der Waals surface area contributed by atoms with Crippen molar-refractivity contribution in [2.45, 2.75) is 38.0 Å². The largest absolute Gasteiger partial charge is 0.472 e.